The Labute approximate surface area is 222 Å². The Hall–Kier alpha value is -5.03. The van der Waals surface area contributed by atoms with Crippen molar-refractivity contribution in [3.63, 3.8) is 0 Å². The molecule has 4 N–H and O–H groups in total. The quantitative estimate of drug-likeness (QED) is 0.280. The number of carbonyl (C=O) groups excluding carboxylic acids is 2. The van der Waals surface area contributed by atoms with Crippen molar-refractivity contribution in [1.29, 1.82) is 0 Å². The van der Waals surface area contributed by atoms with E-state index in [-0.39, 0.29) is 16.3 Å². The summed E-state index contributed by atoms with van der Waals surface area (Å²) in [5.74, 6) is -0.215. The number of aromatic nitrogens is 6. The molecule has 5 rings (SSSR count). The number of hydrogen-bond acceptors (Lipinski definition) is 7. The summed E-state index contributed by atoms with van der Waals surface area (Å²) in [6, 6.07) is 20.9. The van der Waals surface area contributed by atoms with Crippen LogP contribution in [0.4, 0.5) is 11.6 Å². The van der Waals surface area contributed by atoms with Gasteiger partial charge in [-0.2, -0.15) is 10.2 Å². The maximum absolute atomic E-state index is 13.4. The molecule has 5 aromatic rings. The molecule has 3 aromatic heterocycles. The highest BCUT2D eigenvalue weighted by atomic mass is 35.5. The second kappa shape index (κ2) is 10.9. The number of carbonyl (C=O) groups is 2. The second-order valence-electron chi connectivity index (χ2n) is 8.17. The lowest BCUT2D eigenvalue weighted by Gasteiger charge is -2.11. The third kappa shape index (κ3) is 5.52. The summed E-state index contributed by atoms with van der Waals surface area (Å²) in [7, 11) is 0. The van der Waals surface area contributed by atoms with E-state index in [1.54, 1.807) is 47.4 Å². The van der Waals surface area contributed by atoms with Crippen LogP contribution in [0.1, 0.15) is 20.8 Å². The van der Waals surface area contributed by atoms with Crippen LogP contribution in [0.5, 0.6) is 0 Å². The standard InChI is InChI=1S/C26H22ClN9O2/c27-20-10-9-17(21-7-4-8-23(28)32-21)13-19(20)25(37)33-24-14-22(34-36(24)18-5-2-1-3-6-18)26(38)30-11-12-35-16-29-15-31-35/h1-10,13-16H,11-12H2,(H2,28,32)(H,30,38)(H,33,37). The smallest absolute Gasteiger partial charge is 0.271 e. The SMILES string of the molecule is Nc1cccc(-c2ccc(Cl)c(C(=O)Nc3cc(C(=O)NCCn4cncn4)nn3-c3ccccc3)c2)n1. The molecule has 190 valence electrons. The molecule has 38 heavy (non-hydrogen) atoms. The molecule has 11 nitrogen and oxygen atoms in total. The number of nitrogen functional groups attached to an aromatic ring is 1. The van der Waals surface area contributed by atoms with Gasteiger partial charge in [0.15, 0.2) is 5.69 Å². The number of rotatable bonds is 8. The van der Waals surface area contributed by atoms with Gasteiger partial charge in [0.25, 0.3) is 11.8 Å². The van der Waals surface area contributed by atoms with Gasteiger partial charge >= 0.3 is 0 Å². The number of nitrogens with zero attached hydrogens (tertiary/aromatic N) is 6. The molecule has 0 aliphatic carbocycles. The third-order valence-electron chi connectivity index (χ3n) is 5.55. The maximum atomic E-state index is 13.4. The summed E-state index contributed by atoms with van der Waals surface area (Å²) in [6.45, 7) is 0.772. The van der Waals surface area contributed by atoms with Crippen molar-refractivity contribution in [3.05, 3.63) is 102 Å². The number of pyridine rings is 1. The van der Waals surface area contributed by atoms with Crippen LogP contribution in [0.25, 0.3) is 16.9 Å². The van der Waals surface area contributed by atoms with E-state index < -0.39 is 11.8 Å². The van der Waals surface area contributed by atoms with Crippen LogP contribution in [0.2, 0.25) is 5.02 Å². The van der Waals surface area contributed by atoms with Gasteiger partial charge in [0, 0.05) is 18.2 Å². The van der Waals surface area contributed by atoms with Crippen LogP contribution in [-0.2, 0) is 6.54 Å². The highest BCUT2D eigenvalue weighted by Crippen LogP contribution is 2.26. The first-order valence-corrected chi connectivity index (χ1v) is 12.0. The van der Waals surface area contributed by atoms with Gasteiger partial charge in [-0.05, 0) is 36.4 Å². The number of para-hydroxylation sites is 1. The fourth-order valence-electron chi connectivity index (χ4n) is 3.72. The van der Waals surface area contributed by atoms with Gasteiger partial charge in [-0.3, -0.25) is 14.3 Å². The minimum Gasteiger partial charge on any atom is -0.384 e. The maximum Gasteiger partial charge on any atom is 0.271 e. The van der Waals surface area contributed by atoms with Crippen LogP contribution >= 0.6 is 11.6 Å². The van der Waals surface area contributed by atoms with Crippen molar-refractivity contribution < 1.29 is 9.59 Å². The van der Waals surface area contributed by atoms with Gasteiger partial charge in [0.1, 0.15) is 24.3 Å². The first-order chi connectivity index (χ1) is 18.5. The molecule has 0 atom stereocenters. The highest BCUT2D eigenvalue weighted by Gasteiger charge is 2.19. The minimum absolute atomic E-state index is 0.131. The molecule has 0 radical (unpaired) electrons. The molecule has 0 spiro atoms. The molecular formula is C26H22ClN9O2. The number of nitrogens with one attached hydrogen (secondary N) is 2. The molecule has 0 aliphatic rings. The first kappa shape index (κ1) is 24.7. The third-order valence-corrected chi connectivity index (χ3v) is 5.88. The zero-order valence-corrected chi connectivity index (χ0v) is 20.7. The largest absolute Gasteiger partial charge is 0.384 e. The van der Waals surface area contributed by atoms with E-state index in [2.05, 4.69) is 30.8 Å². The topological polar surface area (TPSA) is 146 Å². The zero-order chi connectivity index (χ0) is 26.5. The molecule has 2 aromatic carbocycles. The Kier molecular flexibility index (Phi) is 7.09. The Balaban J connectivity index is 1.41. The van der Waals surface area contributed by atoms with Gasteiger partial charge in [-0.25, -0.2) is 14.6 Å². The van der Waals surface area contributed by atoms with Crippen molar-refractivity contribution in [2.75, 3.05) is 17.6 Å². The van der Waals surface area contributed by atoms with Gasteiger partial charge < -0.3 is 16.4 Å². The first-order valence-electron chi connectivity index (χ1n) is 11.6. The Bertz CT molecular complexity index is 1580. The summed E-state index contributed by atoms with van der Waals surface area (Å²) in [5, 5.41) is 14.3. The average molecular weight is 528 g/mol. The van der Waals surface area contributed by atoms with E-state index in [4.69, 9.17) is 17.3 Å². The van der Waals surface area contributed by atoms with Crippen LogP contribution < -0.4 is 16.4 Å². The molecule has 0 fully saturated rings. The highest BCUT2D eigenvalue weighted by molar-refractivity contribution is 6.34. The average Bonchev–Trinajstić information content (AvgIpc) is 3.60. The van der Waals surface area contributed by atoms with E-state index in [9.17, 15) is 9.59 Å². The number of nitrogens with two attached hydrogens (primary N) is 1. The molecule has 0 aliphatic heterocycles. The Morgan fingerprint density at radius 1 is 0.974 bits per heavy atom. The molecule has 0 bridgehead atoms. The monoisotopic (exact) mass is 527 g/mol. The van der Waals surface area contributed by atoms with E-state index in [1.807, 2.05) is 30.3 Å². The van der Waals surface area contributed by atoms with E-state index in [1.165, 1.54) is 17.1 Å². The molecule has 0 unspecified atom stereocenters. The van der Waals surface area contributed by atoms with Gasteiger partial charge in [0.2, 0.25) is 0 Å². The van der Waals surface area contributed by atoms with E-state index >= 15 is 0 Å². The summed E-state index contributed by atoms with van der Waals surface area (Å²) in [6.07, 6.45) is 2.99. The second-order valence-corrected chi connectivity index (χ2v) is 8.58. The lowest BCUT2D eigenvalue weighted by molar-refractivity contribution is 0.0945. The van der Waals surface area contributed by atoms with Crippen molar-refractivity contribution in [1.82, 2.24) is 34.8 Å². The summed E-state index contributed by atoms with van der Waals surface area (Å²) >= 11 is 6.38. The van der Waals surface area contributed by atoms with Gasteiger partial charge in [0.05, 0.1) is 28.5 Å². The van der Waals surface area contributed by atoms with Crippen molar-refractivity contribution in [2.45, 2.75) is 6.54 Å². The summed E-state index contributed by atoms with van der Waals surface area (Å²) in [5.41, 5.74) is 8.12. The van der Waals surface area contributed by atoms with Crippen molar-refractivity contribution in [2.24, 2.45) is 0 Å². The van der Waals surface area contributed by atoms with Crippen molar-refractivity contribution >= 4 is 35.1 Å². The molecular weight excluding hydrogens is 506 g/mol. The van der Waals surface area contributed by atoms with E-state index in [0.29, 0.717) is 41.7 Å². The molecule has 2 amide bonds. The Morgan fingerprint density at radius 2 is 1.82 bits per heavy atom. The zero-order valence-electron chi connectivity index (χ0n) is 20.0. The number of hydrogen-bond donors (Lipinski definition) is 3. The number of amides is 2. The van der Waals surface area contributed by atoms with Gasteiger partial charge in [-0.1, -0.05) is 41.9 Å². The van der Waals surface area contributed by atoms with Crippen LogP contribution in [-0.4, -0.2) is 47.9 Å². The number of anilines is 2. The predicted octanol–water partition coefficient (Wildman–Crippen LogP) is 3.44. The molecule has 3 heterocycles. The van der Waals surface area contributed by atoms with Crippen LogP contribution in [0, 0.1) is 0 Å². The van der Waals surface area contributed by atoms with Crippen LogP contribution in [0.3, 0.4) is 0 Å². The normalized spacial score (nSPS) is 10.8. The van der Waals surface area contributed by atoms with Crippen molar-refractivity contribution in [3.8, 4) is 16.9 Å². The molecule has 0 saturated heterocycles. The summed E-state index contributed by atoms with van der Waals surface area (Å²) in [4.78, 5) is 34.4. The summed E-state index contributed by atoms with van der Waals surface area (Å²) < 4.78 is 3.09. The van der Waals surface area contributed by atoms with Gasteiger partial charge in [-0.15, -0.1) is 0 Å². The minimum atomic E-state index is -0.476. The fraction of sp³-hybridized carbons (Fsp3) is 0.0769. The molecule has 0 saturated carbocycles. The fourth-order valence-corrected chi connectivity index (χ4v) is 3.93. The predicted molar refractivity (Wildman–Crippen MR) is 143 cm³/mol. The van der Waals surface area contributed by atoms with E-state index in [0.717, 1.165) is 0 Å². The number of halogens is 1. The molecule has 12 heteroatoms. The lowest BCUT2D eigenvalue weighted by Crippen LogP contribution is -2.27. The van der Waals surface area contributed by atoms with Crippen LogP contribution in [0.15, 0.2) is 85.5 Å². The lowest BCUT2D eigenvalue weighted by atomic mass is 10.1. The Morgan fingerprint density at radius 3 is 2.58 bits per heavy atom. The number of benzene rings is 2.